The number of hydrogen-bond donors (Lipinski definition) is 2. The number of aromatic amines is 1. The molecule has 1 unspecified atom stereocenters. The third-order valence-electron chi connectivity index (χ3n) is 3.96. The number of halogens is 2. The second-order valence-corrected chi connectivity index (χ2v) is 7.96. The van der Waals surface area contributed by atoms with Crippen molar-refractivity contribution in [3.63, 3.8) is 0 Å². The number of benzene rings is 2. The number of nitrogens with one attached hydrogen (secondary N) is 2. The normalized spacial score (nSPS) is 12.0. The fraction of sp³-hybridized carbons (Fsp3) is 0.211. The summed E-state index contributed by atoms with van der Waals surface area (Å²) in [7, 11) is 0. The second kappa shape index (κ2) is 8.78. The zero-order valence-corrected chi connectivity index (χ0v) is 17.1. The van der Waals surface area contributed by atoms with Crippen molar-refractivity contribution in [2.45, 2.75) is 30.7 Å². The molecule has 5 nitrogen and oxygen atoms in total. The molecule has 0 radical (unpaired) electrons. The number of nitrogens with zero attached hydrogens (tertiary/aromatic N) is 2. The Kier molecular flexibility index (Phi) is 6.42. The Balaban J connectivity index is 1.65. The molecule has 140 valence electrons. The molecule has 3 aromatic rings. The summed E-state index contributed by atoms with van der Waals surface area (Å²) in [6.45, 7) is 3.89. The molecule has 2 aromatic carbocycles. The maximum absolute atomic E-state index is 12.4. The van der Waals surface area contributed by atoms with Crippen LogP contribution >= 0.6 is 35.0 Å². The average Bonchev–Trinajstić information content (AvgIpc) is 3.14. The molecule has 1 amide bonds. The van der Waals surface area contributed by atoms with Gasteiger partial charge < -0.3 is 5.32 Å². The van der Waals surface area contributed by atoms with Gasteiger partial charge in [0.15, 0.2) is 5.82 Å². The SMILES string of the molecule is CCc1ccc(-c2nc(SC(C)C(=O)Nc3cccc(Cl)c3Cl)n[nH]2)cc1. The third kappa shape index (κ3) is 4.83. The standard InChI is InChI=1S/C19H18Cl2N4OS/c1-3-12-7-9-13(10-8-12)17-23-19(25-24-17)27-11(2)18(26)22-15-6-4-5-14(20)16(15)21/h4-11H,3H2,1-2H3,(H,22,26)(H,23,24,25). The van der Waals surface area contributed by atoms with Gasteiger partial charge in [-0.1, -0.05) is 72.2 Å². The summed E-state index contributed by atoms with van der Waals surface area (Å²) in [6.07, 6.45) is 0.987. The van der Waals surface area contributed by atoms with Crippen LogP contribution < -0.4 is 5.32 Å². The molecule has 0 aliphatic rings. The Bertz CT molecular complexity index is 943. The molecule has 0 saturated carbocycles. The second-order valence-electron chi connectivity index (χ2n) is 5.87. The zero-order valence-electron chi connectivity index (χ0n) is 14.8. The predicted octanol–water partition coefficient (Wildman–Crippen LogP) is 5.46. The number of carbonyl (C=O) groups is 1. The molecule has 1 heterocycles. The average molecular weight is 421 g/mol. The molecule has 3 rings (SSSR count). The lowest BCUT2D eigenvalue weighted by molar-refractivity contribution is -0.115. The van der Waals surface area contributed by atoms with Crippen LogP contribution in [0.15, 0.2) is 47.6 Å². The summed E-state index contributed by atoms with van der Waals surface area (Å²) in [5.74, 6) is 0.466. The monoisotopic (exact) mass is 420 g/mol. The molecule has 1 atom stereocenters. The summed E-state index contributed by atoms with van der Waals surface area (Å²) in [5.41, 5.74) is 2.69. The minimum absolute atomic E-state index is 0.206. The van der Waals surface area contributed by atoms with Gasteiger partial charge >= 0.3 is 0 Å². The van der Waals surface area contributed by atoms with Crippen molar-refractivity contribution in [1.82, 2.24) is 15.2 Å². The van der Waals surface area contributed by atoms with E-state index in [-0.39, 0.29) is 5.91 Å². The highest BCUT2D eigenvalue weighted by Crippen LogP contribution is 2.30. The largest absolute Gasteiger partial charge is 0.324 e. The molecule has 27 heavy (non-hydrogen) atoms. The maximum atomic E-state index is 12.4. The van der Waals surface area contributed by atoms with E-state index in [4.69, 9.17) is 23.2 Å². The van der Waals surface area contributed by atoms with Crippen molar-refractivity contribution in [3.05, 3.63) is 58.1 Å². The van der Waals surface area contributed by atoms with Crippen molar-refractivity contribution >= 4 is 46.6 Å². The highest BCUT2D eigenvalue weighted by molar-refractivity contribution is 8.00. The van der Waals surface area contributed by atoms with Crippen LogP contribution in [0.2, 0.25) is 10.0 Å². The van der Waals surface area contributed by atoms with E-state index in [1.165, 1.54) is 17.3 Å². The zero-order chi connectivity index (χ0) is 19.4. The highest BCUT2D eigenvalue weighted by atomic mass is 35.5. The molecule has 0 bridgehead atoms. The smallest absolute Gasteiger partial charge is 0.237 e. The van der Waals surface area contributed by atoms with Crippen LogP contribution in [0.5, 0.6) is 0 Å². The summed E-state index contributed by atoms with van der Waals surface area (Å²) < 4.78 is 0. The Labute approximate surface area is 171 Å². The minimum atomic E-state index is -0.411. The fourth-order valence-corrected chi connectivity index (χ4v) is 3.45. The molecule has 0 spiro atoms. The molecule has 0 fully saturated rings. The van der Waals surface area contributed by atoms with Crippen LogP contribution in [0.1, 0.15) is 19.4 Å². The molecule has 0 aliphatic carbocycles. The van der Waals surface area contributed by atoms with Gasteiger partial charge in [-0.15, -0.1) is 5.10 Å². The summed E-state index contributed by atoms with van der Waals surface area (Å²) in [6, 6.07) is 13.2. The summed E-state index contributed by atoms with van der Waals surface area (Å²) in [4.78, 5) is 16.9. The van der Waals surface area contributed by atoms with Crippen LogP contribution in [0, 0.1) is 0 Å². The number of hydrogen-bond acceptors (Lipinski definition) is 4. The number of H-pyrrole nitrogens is 1. The van der Waals surface area contributed by atoms with Gasteiger partial charge in [-0.05, 0) is 31.0 Å². The first-order chi connectivity index (χ1) is 13.0. The van der Waals surface area contributed by atoms with E-state index in [0.29, 0.717) is 26.7 Å². The lowest BCUT2D eigenvalue weighted by Gasteiger charge is -2.11. The van der Waals surface area contributed by atoms with Crippen molar-refractivity contribution in [2.24, 2.45) is 0 Å². The number of carbonyl (C=O) groups excluding carboxylic acids is 1. The van der Waals surface area contributed by atoms with Gasteiger partial charge in [0.1, 0.15) is 0 Å². The van der Waals surface area contributed by atoms with Crippen LogP contribution in [0.4, 0.5) is 5.69 Å². The summed E-state index contributed by atoms with van der Waals surface area (Å²) >= 11 is 13.3. The van der Waals surface area contributed by atoms with Crippen LogP contribution in [0.25, 0.3) is 11.4 Å². The maximum Gasteiger partial charge on any atom is 0.237 e. The number of amides is 1. The molecule has 0 aliphatic heterocycles. The first kappa shape index (κ1) is 19.7. The number of aromatic nitrogens is 3. The first-order valence-electron chi connectivity index (χ1n) is 8.41. The van der Waals surface area contributed by atoms with Crippen molar-refractivity contribution in [1.29, 1.82) is 0 Å². The first-order valence-corrected chi connectivity index (χ1v) is 10.0. The van der Waals surface area contributed by atoms with Crippen molar-refractivity contribution < 1.29 is 4.79 Å². The van der Waals surface area contributed by atoms with E-state index in [2.05, 4.69) is 39.6 Å². The van der Waals surface area contributed by atoms with Gasteiger partial charge in [-0.3, -0.25) is 9.89 Å². The van der Waals surface area contributed by atoms with E-state index < -0.39 is 5.25 Å². The van der Waals surface area contributed by atoms with E-state index >= 15 is 0 Å². The lowest BCUT2D eigenvalue weighted by atomic mass is 10.1. The van der Waals surface area contributed by atoms with Gasteiger partial charge in [0.25, 0.3) is 0 Å². The third-order valence-corrected chi connectivity index (χ3v) is 5.74. The molecular weight excluding hydrogens is 403 g/mol. The number of aryl methyl sites for hydroxylation is 1. The van der Waals surface area contributed by atoms with Gasteiger partial charge in [-0.25, -0.2) is 4.98 Å². The Hall–Kier alpha value is -2.02. The Morgan fingerprint density at radius 3 is 2.67 bits per heavy atom. The van der Waals surface area contributed by atoms with Gasteiger partial charge in [-0.2, -0.15) is 0 Å². The number of rotatable bonds is 6. The molecule has 8 heteroatoms. The van der Waals surface area contributed by atoms with Crippen LogP contribution in [-0.2, 0) is 11.2 Å². The Morgan fingerprint density at radius 2 is 1.96 bits per heavy atom. The minimum Gasteiger partial charge on any atom is -0.324 e. The molecule has 0 saturated heterocycles. The highest BCUT2D eigenvalue weighted by Gasteiger charge is 2.19. The van der Waals surface area contributed by atoms with Gasteiger partial charge in [0.2, 0.25) is 11.1 Å². The van der Waals surface area contributed by atoms with Crippen LogP contribution in [0.3, 0.4) is 0 Å². The van der Waals surface area contributed by atoms with Gasteiger partial charge in [0.05, 0.1) is 21.0 Å². The number of thioether (sulfide) groups is 1. The van der Waals surface area contributed by atoms with Gasteiger partial charge in [0, 0.05) is 5.56 Å². The van der Waals surface area contributed by atoms with Crippen molar-refractivity contribution in [3.8, 4) is 11.4 Å². The topological polar surface area (TPSA) is 70.7 Å². The van der Waals surface area contributed by atoms with E-state index in [9.17, 15) is 4.79 Å². The van der Waals surface area contributed by atoms with Crippen molar-refractivity contribution in [2.75, 3.05) is 5.32 Å². The van der Waals surface area contributed by atoms with E-state index in [0.717, 1.165) is 12.0 Å². The Morgan fingerprint density at radius 1 is 1.22 bits per heavy atom. The van der Waals surface area contributed by atoms with Crippen LogP contribution in [-0.4, -0.2) is 26.3 Å². The fourth-order valence-electron chi connectivity index (χ4n) is 2.37. The summed E-state index contributed by atoms with van der Waals surface area (Å²) in [5, 5.41) is 10.7. The quantitative estimate of drug-likeness (QED) is 0.519. The predicted molar refractivity (Wildman–Crippen MR) is 112 cm³/mol. The molecule has 2 N–H and O–H groups in total. The lowest BCUT2D eigenvalue weighted by Crippen LogP contribution is -2.22. The molecular formula is C19H18Cl2N4OS. The number of anilines is 1. The van der Waals surface area contributed by atoms with E-state index in [1.54, 1.807) is 25.1 Å². The van der Waals surface area contributed by atoms with E-state index in [1.807, 2.05) is 12.1 Å². The molecule has 1 aromatic heterocycles.